The quantitative estimate of drug-likeness (QED) is 0.413. The van der Waals surface area contributed by atoms with Crippen LogP contribution in [-0.4, -0.2) is 12.2 Å². The maximum Gasteiger partial charge on any atom is 2.00 e. The average molecular weight is 529 g/mol. The molecule has 2 aromatic rings. The van der Waals surface area contributed by atoms with Crippen LogP contribution in [0.25, 0.3) is 17.2 Å². The summed E-state index contributed by atoms with van der Waals surface area (Å²) < 4.78 is 4.97. The van der Waals surface area contributed by atoms with Gasteiger partial charge in [-0.1, -0.05) is 63.6 Å². The minimum absolute atomic E-state index is 0. The van der Waals surface area contributed by atoms with Gasteiger partial charge in [-0.15, -0.1) is 11.4 Å². The van der Waals surface area contributed by atoms with E-state index in [2.05, 4.69) is 0 Å². The van der Waals surface area contributed by atoms with E-state index in [0.717, 1.165) is 11.8 Å². The van der Waals surface area contributed by atoms with Gasteiger partial charge in [0.1, 0.15) is 11.5 Å². The number of nitrogens with two attached hydrogens (primary N) is 1. The van der Waals surface area contributed by atoms with Gasteiger partial charge in [-0.2, -0.15) is 0 Å². The summed E-state index contributed by atoms with van der Waals surface area (Å²) in [4.78, 5) is 0. The molecule has 0 aliphatic carbocycles. The van der Waals surface area contributed by atoms with Crippen LogP contribution in [0.3, 0.4) is 0 Å². The Labute approximate surface area is 172 Å². The monoisotopic (exact) mass is 529 g/mol. The van der Waals surface area contributed by atoms with Crippen molar-refractivity contribution in [2.45, 2.75) is 34.6 Å². The molecule has 0 saturated carbocycles. The topological polar surface area (TPSA) is 103 Å². The fraction of sp³-hybridized carbons (Fsp3) is 0.300. The molecule has 0 aliphatic heterocycles. The second-order valence-corrected chi connectivity index (χ2v) is 4.34. The van der Waals surface area contributed by atoms with Crippen LogP contribution in [0.15, 0.2) is 48.7 Å². The van der Waals surface area contributed by atoms with Crippen LogP contribution in [0.4, 0.5) is 11.4 Å². The number of aliphatic hydroxyl groups excluding tert-OH is 1. The van der Waals surface area contributed by atoms with Crippen LogP contribution in [0, 0.1) is 6.92 Å². The Bertz CT molecular complexity index is 615. The standard InChI is InChI=1S/C9H11N2O2.C7H8N.2C2H6.W/c1-13-9-4-6(11)2-3-7(9)8(12)5-10;1-6-3-2-4-7(8)5-6;2*1-2;/h2-5,11-12H,10H2,1H3;2-5,8H,1H3;2*1-2H3;/q2*-1;;;+2/b8-5-;;;;. The normalized spacial score (nSPS) is 8.92. The van der Waals surface area contributed by atoms with E-state index in [0.29, 0.717) is 22.7 Å². The summed E-state index contributed by atoms with van der Waals surface area (Å²) in [5, 5.41) is 9.33. The molecule has 0 unspecified atom stereocenters. The van der Waals surface area contributed by atoms with Crippen molar-refractivity contribution < 1.29 is 30.9 Å². The van der Waals surface area contributed by atoms with Gasteiger partial charge in [-0.05, 0) is 19.1 Å². The minimum atomic E-state index is -0.0585. The number of hydrogen-bond donors (Lipinski definition) is 2. The fourth-order valence-electron chi connectivity index (χ4n) is 1.64. The number of aliphatic hydroxyl groups is 1. The molecule has 0 amide bonds. The van der Waals surface area contributed by atoms with E-state index in [4.69, 9.17) is 21.9 Å². The summed E-state index contributed by atoms with van der Waals surface area (Å²) in [5.41, 5.74) is 22.2. The number of benzene rings is 2. The van der Waals surface area contributed by atoms with E-state index in [9.17, 15) is 5.11 Å². The Hall–Kier alpha value is -2.13. The molecule has 5 N–H and O–H groups in total. The zero-order valence-electron chi connectivity index (χ0n) is 16.5. The Kier molecular flexibility index (Phi) is 19.5. The van der Waals surface area contributed by atoms with Crippen LogP contribution in [0.1, 0.15) is 38.8 Å². The van der Waals surface area contributed by atoms with Crippen LogP contribution in [0.2, 0.25) is 0 Å². The summed E-state index contributed by atoms with van der Waals surface area (Å²) in [7, 11) is 1.47. The zero-order valence-corrected chi connectivity index (χ0v) is 19.4. The number of ether oxygens (including phenoxy) is 1. The number of aryl methyl sites for hydroxylation is 1. The van der Waals surface area contributed by atoms with Crippen molar-refractivity contribution in [2.75, 3.05) is 7.11 Å². The first kappa shape index (κ1) is 28.7. The number of hydrogen-bond acceptors (Lipinski definition) is 3. The van der Waals surface area contributed by atoms with E-state index in [1.165, 1.54) is 13.2 Å². The molecule has 0 heterocycles. The van der Waals surface area contributed by atoms with E-state index in [-0.39, 0.29) is 26.8 Å². The van der Waals surface area contributed by atoms with Gasteiger partial charge in [0.25, 0.3) is 0 Å². The van der Waals surface area contributed by atoms with E-state index in [1.807, 2.05) is 52.8 Å². The Morgan fingerprint density at radius 3 is 1.92 bits per heavy atom. The van der Waals surface area contributed by atoms with Crippen molar-refractivity contribution >= 4 is 17.1 Å². The van der Waals surface area contributed by atoms with Gasteiger partial charge in [0, 0.05) is 6.20 Å². The van der Waals surface area contributed by atoms with Crippen molar-refractivity contribution in [3.8, 4) is 5.75 Å². The van der Waals surface area contributed by atoms with Crippen LogP contribution >= 0.6 is 0 Å². The molecule has 0 aromatic heterocycles. The number of rotatable bonds is 2. The SMILES string of the molecule is CC.CC.COc1cc([NH-])ccc1/C(O)=C/N.Cc1cccc([NH-])c1.[W+2]. The second kappa shape index (κ2) is 17.7. The third kappa shape index (κ3) is 11.4. The first-order valence-corrected chi connectivity index (χ1v) is 8.27. The molecule has 0 bridgehead atoms. The summed E-state index contributed by atoms with van der Waals surface area (Å²) in [6.07, 6.45) is 1.08. The first-order valence-electron chi connectivity index (χ1n) is 8.27. The second-order valence-electron chi connectivity index (χ2n) is 4.34. The molecule has 0 saturated heterocycles. The summed E-state index contributed by atoms with van der Waals surface area (Å²) in [6.45, 7) is 9.98. The van der Waals surface area contributed by atoms with Gasteiger partial charge < -0.3 is 27.0 Å². The molecule has 0 spiro atoms. The van der Waals surface area contributed by atoms with Gasteiger partial charge in [0.2, 0.25) is 0 Å². The van der Waals surface area contributed by atoms with Crippen LogP contribution in [-0.2, 0) is 21.1 Å². The van der Waals surface area contributed by atoms with Crippen molar-refractivity contribution in [1.29, 1.82) is 0 Å². The van der Waals surface area contributed by atoms with Gasteiger partial charge >= 0.3 is 21.1 Å². The maximum absolute atomic E-state index is 9.33. The van der Waals surface area contributed by atoms with Gasteiger partial charge in [0.05, 0.1) is 12.7 Å². The van der Waals surface area contributed by atoms with Crippen molar-refractivity contribution in [3.63, 3.8) is 0 Å². The molecule has 0 fully saturated rings. The number of nitrogens with one attached hydrogen (secondary N) is 2. The third-order valence-electron chi connectivity index (χ3n) is 2.65. The van der Waals surface area contributed by atoms with E-state index < -0.39 is 0 Å². The van der Waals surface area contributed by atoms with Crippen molar-refractivity contribution in [1.82, 2.24) is 0 Å². The fourth-order valence-corrected chi connectivity index (χ4v) is 1.64. The van der Waals surface area contributed by atoms with Crippen molar-refractivity contribution in [3.05, 3.63) is 71.3 Å². The largest absolute Gasteiger partial charge is 2.00 e. The maximum atomic E-state index is 9.33. The number of methoxy groups -OCH3 is 1. The first-order chi connectivity index (χ1) is 12.0. The molecule has 2 aromatic carbocycles. The zero-order chi connectivity index (χ0) is 19.8. The minimum Gasteiger partial charge on any atom is -0.699 e. The molecule has 26 heavy (non-hydrogen) atoms. The third-order valence-corrected chi connectivity index (χ3v) is 2.65. The molecular formula is C20H31N3O2W. The Balaban J connectivity index is -0.000000351. The van der Waals surface area contributed by atoms with Gasteiger partial charge in [0.15, 0.2) is 0 Å². The smallest absolute Gasteiger partial charge is 0.699 e. The molecular weight excluding hydrogens is 498 g/mol. The summed E-state index contributed by atoms with van der Waals surface area (Å²) in [6, 6.07) is 12.1. The molecule has 0 atom stereocenters. The summed E-state index contributed by atoms with van der Waals surface area (Å²) >= 11 is 0. The van der Waals surface area contributed by atoms with E-state index >= 15 is 0 Å². The molecule has 0 aliphatic rings. The van der Waals surface area contributed by atoms with Crippen LogP contribution < -0.4 is 10.5 Å². The summed E-state index contributed by atoms with van der Waals surface area (Å²) in [5.74, 6) is 0.378. The van der Waals surface area contributed by atoms with Gasteiger partial charge in [-0.3, -0.25) is 0 Å². The van der Waals surface area contributed by atoms with Crippen LogP contribution in [0.5, 0.6) is 5.75 Å². The molecule has 144 valence electrons. The van der Waals surface area contributed by atoms with Gasteiger partial charge in [-0.25, -0.2) is 0 Å². The predicted octanol–water partition coefficient (Wildman–Crippen LogP) is 6.92. The average Bonchev–Trinajstić information content (AvgIpc) is 2.64. The molecule has 6 heteroatoms. The molecule has 2 rings (SSSR count). The molecule has 0 radical (unpaired) electrons. The molecule has 5 nitrogen and oxygen atoms in total. The Morgan fingerprint density at radius 1 is 1.00 bits per heavy atom. The predicted molar refractivity (Wildman–Crippen MR) is 110 cm³/mol. The Morgan fingerprint density at radius 2 is 1.54 bits per heavy atom. The van der Waals surface area contributed by atoms with Crippen molar-refractivity contribution in [2.24, 2.45) is 5.73 Å². The van der Waals surface area contributed by atoms with E-state index in [1.54, 1.807) is 18.2 Å².